The van der Waals surface area contributed by atoms with Crippen molar-refractivity contribution in [1.82, 2.24) is 4.73 Å². The number of carboxylic acid groups (broad SMARTS) is 1. The summed E-state index contributed by atoms with van der Waals surface area (Å²) in [5, 5.41) is 26.7. The van der Waals surface area contributed by atoms with E-state index in [-0.39, 0.29) is 12.8 Å². The molecule has 0 aromatic carbocycles. The van der Waals surface area contributed by atoms with Gasteiger partial charge in [-0.25, -0.2) is 4.79 Å². The Morgan fingerprint density at radius 3 is 2.35 bits per heavy atom. The molecular weight excluding hydrogens is 232 g/mol. The Labute approximate surface area is 95.8 Å². The second-order valence-electron chi connectivity index (χ2n) is 3.29. The quantitative estimate of drug-likeness (QED) is 0.524. The van der Waals surface area contributed by atoms with Gasteiger partial charge in [-0.05, 0) is 6.42 Å². The van der Waals surface area contributed by atoms with Gasteiger partial charge in [0.05, 0.1) is 0 Å². The second kappa shape index (κ2) is 5.21. The van der Waals surface area contributed by atoms with Crippen LogP contribution in [0.1, 0.15) is 12.8 Å². The van der Waals surface area contributed by atoms with Crippen LogP contribution in [0.2, 0.25) is 0 Å². The summed E-state index contributed by atoms with van der Waals surface area (Å²) in [4.78, 5) is 26.2. The van der Waals surface area contributed by atoms with E-state index in [4.69, 9.17) is 10.8 Å². The molecule has 1 atom stereocenters. The molecule has 5 N–H and O–H groups in total. The van der Waals surface area contributed by atoms with Gasteiger partial charge in [-0.2, -0.15) is 0 Å². The summed E-state index contributed by atoms with van der Waals surface area (Å²) in [6.45, 7) is 0. The number of hydrogen-bond donors (Lipinski definition) is 4. The average Bonchev–Trinajstić information content (AvgIpc) is 2.57. The molecule has 0 saturated heterocycles. The molecule has 0 unspecified atom stereocenters. The number of carbonyl (C=O) groups excluding carboxylic acids is 1. The predicted octanol–water partition coefficient (Wildman–Crippen LogP) is -0.953. The number of aliphatic carboxylic acids is 1. The third-order valence-electron chi connectivity index (χ3n) is 1.95. The van der Waals surface area contributed by atoms with Crippen LogP contribution in [0.5, 0.6) is 11.8 Å². The Hall–Kier alpha value is -2.22. The van der Waals surface area contributed by atoms with Crippen LogP contribution < -0.4 is 10.6 Å². The fourth-order valence-corrected chi connectivity index (χ4v) is 1.05. The number of carbonyl (C=O) groups is 2. The highest BCUT2D eigenvalue weighted by atomic mass is 16.7. The maximum absolute atomic E-state index is 11.3. The highest BCUT2D eigenvalue weighted by molar-refractivity contribution is 5.77. The summed E-state index contributed by atoms with van der Waals surface area (Å²) in [5.41, 5.74) is 5.37. The van der Waals surface area contributed by atoms with Crippen LogP contribution in [0, 0.1) is 0 Å². The van der Waals surface area contributed by atoms with Crippen LogP contribution in [0.15, 0.2) is 12.1 Å². The molecular formula is C9H12N2O6. The van der Waals surface area contributed by atoms with Crippen LogP contribution >= 0.6 is 0 Å². The van der Waals surface area contributed by atoms with Crippen molar-refractivity contribution in [2.75, 3.05) is 0 Å². The summed E-state index contributed by atoms with van der Waals surface area (Å²) in [6.07, 6.45) is -0.378. The lowest BCUT2D eigenvalue weighted by molar-refractivity contribution is -0.147. The summed E-state index contributed by atoms with van der Waals surface area (Å²) in [5.74, 6) is -2.98. The van der Waals surface area contributed by atoms with Gasteiger partial charge in [-0.15, -0.1) is 4.73 Å². The van der Waals surface area contributed by atoms with E-state index in [1.807, 2.05) is 0 Å². The van der Waals surface area contributed by atoms with Gasteiger partial charge >= 0.3 is 11.9 Å². The first-order valence-corrected chi connectivity index (χ1v) is 4.71. The zero-order chi connectivity index (χ0) is 13.0. The highest BCUT2D eigenvalue weighted by Gasteiger charge is 2.20. The maximum Gasteiger partial charge on any atom is 0.349 e. The summed E-state index contributed by atoms with van der Waals surface area (Å²) in [6, 6.07) is 1.09. The molecule has 0 aliphatic rings. The van der Waals surface area contributed by atoms with Crippen molar-refractivity contribution in [3.05, 3.63) is 12.1 Å². The standard InChI is InChI=1S/C9H12N2O6/c10-5(1-4-8(14)15)9(16)17-11-6(12)2-3-7(11)13/h2-3,5,12-13H,1,4,10H2,(H,14,15)/t5-/m0/s1. The van der Waals surface area contributed by atoms with Gasteiger partial charge in [-0.1, -0.05) is 0 Å². The van der Waals surface area contributed by atoms with Crippen LogP contribution in [0.25, 0.3) is 0 Å². The van der Waals surface area contributed by atoms with E-state index in [2.05, 4.69) is 4.84 Å². The van der Waals surface area contributed by atoms with Crippen molar-refractivity contribution in [3.63, 3.8) is 0 Å². The second-order valence-corrected chi connectivity index (χ2v) is 3.29. The van der Waals surface area contributed by atoms with E-state index in [1.165, 1.54) is 0 Å². The van der Waals surface area contributed by atoms with Gasteiger partial charge in [0.1, 0.15) is 6.04 Å². The third-order valence-corrected chi connectivity index (χ3v) is 1.95. The van der Waals surface area contributed by atoms with Crippen molar-refractivity contribution >= 4 is 11.9 Å². The van der Waals surface area contributed by atoms with E-state index in [1.54, 1.807) is 0 Å². The lowest BCUT2D eigenvalue weighted by Crippen LogP contribution is -2.37. The van der Waals surface area contributed by atoms with Crippen molar-refractivity contribution in [2.24, 2.45) is 5.73 Å². The van der Waals surface area contributed by atoms with Gasteiger partial charge < -0.3 is 25.9 Å². The molecule has 0 radical (unpaired) electrons. The van der Waals surface area contributed by atoms with Crippen molar-refractivity contribution in [3.8, 4) is 11.8 Å². The first-order valence-electron chi connectivity index (χ1n) is 4.71. The zero-order valence-corrected chi connectivity index (χ0v) is 8.74. The molecule has 0 spiro atoms. The molecule has 8 nitrogen and oxygen atoms in total. The molecule has 1 heterocycles. The summed E-state index contributed by atoms with van der Waals surface area (Å²) in [7, 11) is 0. The van der Waals surface area contributed by atoms with Crippen molar-refractivity contribution in [1.29, 1.82) is 0 Å². The first kappa shape index (κ1) is 12.8. The molecule has 1 rings (SSSR count). The Morgan fingerprint density at radius 1 is 1.35 bits per heavy atom. The summed E-state index contributed by atoms with van der Waals surface area (Å²) < 4.78 is 0.489. The highest BCUT2D eigenvalue weighted by Crippen LogP contribution is 2.18. The van der Waals surface area contributed by atoms with Gasteiger partial charge in [0.15, 0.2) is 0 Å². The Kier molecular flexibility index (Phi) is 3.94. The maximum atomic E-state index is 11.3. The summed E-state index contributed by atoms with van der Waals surface area (Å²) >= 11 is 0. The predicted molar refractivity (Wildman–Crippen MR) is 54.2 cm³/mol. The largest absolute Gasteiger partial charge is 0.492 e. The number of rotatable bonds is 5. The molecule has 0 aliphatic carbocycles. The molecule has 17 heavy (non-hydrogen) atoms. The monoisotopic (exact) mass is 244 g/mol. The van der Waals surface area contributed by atoms with Crippen LogP contribution in [0.3, 0.4) is 0 Å². The van der Waals surface area contributed by atoms with Crippen molar-refractivity contribution < 1.29 is 29.7 Å². The minimum Gasteiger partial charge on any atom is -0.492 e. The molecule has 0 amide bonds. The number of nitrogens with zero attached hydrogens (tertiary/aromatic N) is 1. The van der Waals surface area contributed by atoms with Crippen LogP contribution in [-0.4, -0.2) is 38.0 Å². The average molecular weight is 244 g/mol. The molecule has 8 heteroatoms. The van der Waals surface area contributed by atoms with Gasteiger partial charge in [0.2, 0.25) is 11.8 Å². The molecule has 0 fully saturated rings. The van der Waals surface area contributed by atoms with Gasteiger partial charge in [0, 0.05) is 18.6 Å². The number of nitrogens with two attached hydrogens (primary N) is 1. The molecule has 0 aliphatic heterocycles. The molecule has 94 valence electrons. The number of aromatic nitrogens is 1. The molecule has 0 saturated carbocycles. The SMILES string of the molecule is N[C@@H](CCC(=O)O)C(=O)On1c(O)ccc1O. The van der Waals surface area contributed by atoms with E-state index >= 15 is 0 Å². The van der Waals surface area contributed by atoms with Crippen molar-refractivity contribution in [2.45, 2.75) is 18.9 Å². The Balaban J connectivity index is 2.57. The first-order chi connectivity index (χ1) is 7.91. The molecule has 1 aromatic rings. The normalized spacial score (nSPS) is 12.1. The van der Waals surface area contributed by atoms with E-state index in [9.17, 15) is 19.8 Å². The van der Waals surface area contributed by atoms with E-state index in [0.29, 0.717) is 4.73 Å². The van der Waals surface area contributed by atoms with Gasteiger partial charge in [0.25, 0.3) is 0 Å². The smallest absolute Gasteiger partial charge is 0.349 e. The fourth-order valence-electron chi connectivity index (χ4n) is 1.05. The molecule has 0 bridgehead atoms. The minimum absolute atomic E-state index is 0.100. The molecule has 1 aromatic heterocycles. The number of carboxylic acids is 1. The third kappa shape index (κ3) is 3.38. The van der Waals surface area contributed by atoms with Crippen LogP contribution in [-0.2, 0) is 9.59 Å². The zero-order valence-electron chi connectivity index (χ0n) is 8.74. The Morgan fingerprint density at radius 2 is 1.88 bits per heavy atom. The minimum atomic E-state index is -1.15. The van der Waals surface area contributed by atoms with Crippen LogP contribution in [0.4, 0.5) is 0 Å². The van der Waals surface area contributed by atoms with E-state index in [0.717, 1.165) is 12.1 Å². The fraction of sp³-hybridized carbons (Fsp3) is 0.333. The lowest BCUT2D eigenvalue weighted by Gasteiger charge is -2.11. The number of aromatic hydroxyl groups is 2. The lowest BCUT2D eigenvalue weighted by atomic mass is 10.2. The number of hydrogen-bond acceptors (Lipinski definition) is 6. The Bertz CT molecular complexity index is 408. The van der Waals surface area contributed by atoms with E-state index < -0.39 is 29.7 Å². The van der Waals surface area contributed by atoms with Gasteiger partial charge in [-0.3, -0.25) is 4.79 Å². The topological polar surface area (TPSA) is 135 Å².